The lowest BCUT2D eigenvalue weighted by Crippen LogP contribution is -2.47. The largest absolute Gasteiger partial charge is 0.441 e. The maximum Gasteiger partial charge on any atom is 0.251 e. The topological polar surface area (TPSA) is 61.6 Å². The number of nitrogens with zero attached hydrogens (tertiary/aromatic N) is 3. The van der Waals surface area contributed by atoms with Gasteiger partial charge < -0.3 is 14.3 Å². The van der Waals surface area contributed by atoms with Crippen LogP contribution in [0.1, 0.15) is 46.2 Å². The fourth-order valence-corrected chi connectivity index (χ4v) is 4.32. The van der Waals surface area contributed by atoms with Crippen LogP contribution in [0.5, 0.6) is 0 Å². The number of carbonyl (C=O) groups is 1. The van der Waals surface area contributed by atoms with E-state index < -0.39 is 0 Å². The number of rotatable bonds is 4. The second-order valence-electron chi connectivity index (χ2n) is 8.84. The zero-order chi connectivity index (χ0) is 22.4. The summed E-state index contributed by atoms with van der Waals surface area (Å²) in [5.41, 5.74) is 10.1. The van der Waals surface area contributed by atoms with Crippen molar-refractivity contribution < 1.29 is 9.21 Å². The minimum atomic E-state index is -0.226. The van der Waals surface area contributed by atoms with E-state index in [0.29, 0.717) is 12.4 Å². The standard InChI is InChI=1S/C26H28N4O2/c1-16-5-8-20(9-6-16)25-27-23(19(4)32-25)15-29-11-12-30-24(26(29)31)14-22(28-30)21-10-7-17(2)18(3)13-21/h5-13,22,24,28H,14-15H2,1-4H3. The molecule has 2 aromatic carbocycles. The lowest BCUT2D eigenvalue weighted by molar-refractivity contribution is -0.135. The average Bonchev–Trinajstić information content (AvgIpc) is 3.37. The van der Waals surface area contributed by atoms with Crippen molar-refractivity contribution in [2.45, 2.75) is 52.7 Å². The zero-order valence-electron chi connectivity index (χ0n) is 18.9. The van der Waals surface area contributed by atoms with E-state index in [9.17, 15) is 4.79 Å². The molecule has 6 nitrogen and oxygen atoms in total. The SMILES string of the molecule is Cc1ccc(-c2nc(CN3C=CN4NC(c5ccc(C)c(C)c5)CC4C3=O)c(C)o2)cc1. The van der Waals surface area contributed by atoms with Gasteiger partial charge in [0.25, 0.3) is 5.91 Å². The van der Waals surface area contributed by atoms with E-state index in [-0.39, 0.29) is 18.0 Å². The van der Waals surface area contributed by atoms with Gasteiger partial charge in [0.2, 0.25) is 5.89 Å². The van der Waals surface area contributed by atoms with Crippen LogP contribution < -0.4 is 5.43 Å². The molecule has 0 spiro atoms. The molecular formula is C26H28N4O2. The fourth-order valence-electron chi connectivity index (χ4n) is 4.32. The molecule has 0 bridgehead atoms. The Morgan fingerprint density at radius 3 is 2.56 bits per heavy atom. The van der Waals surface area contributed by atoms with Gasteiger partial charge in [-0.05, 0) is 62.9 Å². The second kappa shape index (κ2) is 7.95. The molecule has 1 saturated heterocycles. The Morgan fingerprint density at radius 1 is 1.03 bits per heavy atom. The number of carbonyl (C=O) groups excluding carboxylic acids is 1. The molecule has 5 rings (SSSR count). The van der Waals surface area contributed by atoms with Gasteiger partial charge >= 0.3 is 0 Å². The van der Waals surface area contributed by atoms with Crippen molar-refractivity contribution in [2.75, 3.05) is 0 Å². The summed E-state index contributed by atoms with van der Waals surface area (Å²) in [6.45, 7) is 8.59. The minimum Gasteiger partial charge on any atom is -0.441 e. The van der Waals surface area contributed by atoms with E-state index in [2.05, 4.69) is 49.4 Å². The van der Waals surface area contributed by atoms with Gasteiger partial charge in [-0.2, -0.15) is 0 Å². The molecule has 1 N–H and O–H groups in total. The molecule has 2 aliphatic rings. The normalized spacial score (nSPS) is 20.2. The molecule has 1 fully saturated rings. The highest BCUT2D eigenvalue weighted by molar-refractivity contribution is 5.84. The molecule has 2 atom stereocenters. The number of hydrazine groups is 1. The number of aromatic nitrogens is 1. The lowest BCUT2D eigenvalue weighted by Gasteiger charge is -2.31. The van der Waals surface area contributed by atoms with Crippen LogP contribution in [-0.2, 0) is 11.3 Å². The first-order valence-corrected chi connectivity index (χ1v) is 11.0. The summed E-state index contributed by atoms with van der Waals surface area (Å²) >= 11 is 0. The number of hydrogen-bond donors (Lipinski definition) is 1. The maximum absolute atomic E-state index is 13.3. The monoisotopic (exact) mass is 428 g/mol. The number of hydrogen-bond acceptors (Lipinski definition) is 5. The van der Waals surface area contributed by atoms with Crippen LogP contribution in [0.2, 0.25) is 0 Å². The summed E-state index contributed by atoms with van der Waals surface area (Å²) < 4.78 is 5.90. The van der Waals surface area contributed by atoms with Crippen LogP contribution in [0.3, 0.4) is 0 Å². The molecular weight excluding hydrogens is 400 g/mol. The number of fused-ring (bicyclic) bond motifs is 1. The van der Waals surface area contributed by atoms with Gasteiger partial charge in [0, 0.05) is 18.0 Å². The Morgan fingerprint density at radius 2 is 1.81 bits per heavy atom. The second-order valence-corrected chi connectivity index (χ2v) is 8.84. The van der Waals surface area contributed by atoms with Crippen molar-refractivity contribution in [2.24, 2.45) is 0 Å². The predicted octanol–water partition coefficient (Wildman–Crippen LogP) is 4.71. The molecule has 164 valence electrons. The highest BCUT2D eigenvalue weighted by Gasteiger charge is 2.40. The molecule has 32 heavy (non-hydrogen) atoms. The van der Waals surface area contributed by atoms with Crippen LogP contribution in [0, 0.1) is 27.7 Å². The molecule has 1 aromatic heterocycles. The zero-order valence-corrected chi connectivity index (χ0v) is 18.9. The van der Waals surface area contributed by atoms with E-state index in [1.165, 1.54) is 22.3 Å². The first-order chi connectivity index (χ1) is 15.4. The Labute approximate surface area is 188 Å². The first kappa shape index (κ1) is 20.5. The predicted molar refractivity (Wildman–Crippen MR) is 123 cm³/mol. The average molecular weight is 429 g/mol. The highest BCUT2D eigenvalue weighted by Crippen LogP contribution is 2.32. The number of amides is 1. The summed E-state index contributed by atoms with van der Waals surface area (Å²) in [6, 6.07) is 14.5. The van der Waals surface area contributed by atoms with Crippen molar-refractivity contribution in [3.8, 4) is 11.5 Å². The maximum atomic E-state index is 13.3. The quantitative estimate of drug-likeness (QED) is 0.652. The van der Waals surface area contributed by atoms with Crippen LogP contribution in [0.25, 0.3) is 11.5 Å². The van der Waals surface area contributed by atoms with Gasteiger partial charge in [0.15, 0.2) is 0 Å². The molecule has 2 aliphatic heterocycles. The van der Waals surface area contributed by atoms with Crippen LogP contribution in [-0.4, -0.2) is 26.8 Å². The third-order valence-corrected chi connectivity index (χ3v) is 6.52. The van der Waals surface area contributed by atoms with E-state index in [0.717, 1.165) is 23.4 Å². The smallest absolute Gasteiger partial charge is 0.251 e. The Bertz CT molecular complexity index is 1200. The highest BCUT2D eigenvalue weighted by atomic mass is 16.4. The van der Waals surface area contributed by atoms with Crippen molar-refractivity contribution in [1.82, 2.24) is 20.3 Å². The van der Waals surface area contributed by atoms with Crippen molar-refractivity contribution >= 4 is 5.91 Å². The summed E-state index contributed by atoms with van der Waals surface area (Å²) in [5, 5.41) is 1.94. The molecule has 0 saturated carbocycles. The summed E-state index contributed by atoms with van der Waals surface area (Å²) in [6.07, 6.45) is 4.51. The van der Waals surface area contributed by atoms with Crippen LogP contribution in [0.4, 0.5) is 0 Å². The van der Waals surface area contributed by atoms with Crippen LogP contribution >= 0.6 is 0 Å². The molecule has 0 radical (unpaired) electrons. The van der Waals surface area contributed by atoms with Gasteiger partial charge in [0.05, 0.1) is 12.6 Å². The van der Waals surface area contributed by atoms with E-state index in [1.807, 2.05) is 48.6 Å². The van der Waals surface area contributed by atoms with Gasteiger partial charge in [0.1, 0.15) is 17.5 Å². The first-order valence-electron chi connectivity index (χ1n) is 11.0. The Hall–Kier alpha value is -3.38. The number of oxazole rings is 1. The Balaban J connectivity index is 1.31. The van der Waals surface area contributed by atoms with Gasteiger partial charge in [-0.15, -0.1) is 0 Å². The fraction of sp³-hybridized carbons (Fsp3) is 0.308. The van der Waals surface area contributed by atoms with Gasteiger partial charge in [-0.3, -0.25) is 4.79 Å². The molecule has 2 unspecified atom stereocenters. The molecule has 1 amide bonds. The third-order valence-electron chi connectivity index (χ3n) is 6.52. The lowest BCUT2D eigenvalue weighted by atomic mass is 9.97. The number of benzene rings is 2. The summed E-state index contributed by atoms with van der Waals surface area (Å²) in [5.74, 6) is 1.40. The van der Waals surface area contributed by atoms with Crippen molar-refractivity contribution in [1.29, 1.82) is 0 Å². The van der Waals surface area contributed by atoms with E-state index in [4.69, 9.17) is 4.42 Å². The Kier molecular flexibility index (Phi) is 5.10. The summed E-state index contributed by atoms with van der Waals surface area (Å²) in [4.78, 5) is 19.7. The van der Waals surface area contributed by atoms with Crippen molar-refractivity contribution in [3.05, 3.63) is 88.6 Å². The summed E-state index contributed by atoms with van der Waals surface area (Å²) in [7, 11) is 0. The molecule has 3 aromatic rings. The molecule has 6 heteroatoms. The van der Waals surface area contributed by atoms with Crippen molar-refractivity contribution in [3.63, 3.8) is 0 Å². The van der Waals surface area contributed by atoms with E-state index >= 15 is 0 Å². The van der Waals surface area contributed by atoms with E-state index in [1.54, 1.807) is 4.90 Å². The number of aryl methyl sites for hydroxylation is 4. The van der Waals surface area contributed by atoms with Gasteiger partial charge in [-0.25, -0.2) is 10.4 Å². The molecule has 0 aliphatic carbocycles. The minimum absolute atomic E-state index is 0.0746. The van der Waals surface area contributed by atoms with Gasteiger partial charge in [-0.1, -0.05) is 35.9 Å². The van der Waals surface area contributed by atoms with Crippen LogP contribution in [0.15, 0.2) is 59.3 Å². The number of nitrogens with one attached hydrogen (secondary N) is 1. The third kappa shape index (κ3) is 3.71. The molecule has 3 heterocycles.